The number of carboxylic acid groups (broad SMARTS) is 1. The van der Waals surface area contributed by atoms with Gasteiger partial charge in [-0.25, -0.2) is 29.4 Å². The van der Waals surface area contributed by atoms with E-state index in [1.165, 1.54) is 29.4 Å². The van der Waals surface area contributed by atoms with Gasteiger partial charge in [-0.2, -0.15) is 4.52 Å². The fourth-order valence-corrected chi connectivity index (χ4v) is 3.76. The van der Waals surface area contributed by atoms with Gasteiger partial charge in [0.15, 0.2) is 28.4 Å². The molecular formula is C21H16N6O4S. The largest absolute Gasteiger partial charge is 0.479 e. The van der Waals surface area contributed by atoms with E-state index >= 15 is 0 Å². The number of nitrogens with zero attached hydrogens (tertiary/aromatic N) is 6. The molecule has 1 aromatic carbocycles. The summed E-state index contributed by atoms with van der Waals surface area (Å²) in [5.74, 6) is -0.252. The van der Waals surface area contributed by atoms with Gasteiger partial charge >= 0.3 is 5.97 Å². The van der Waals surface area contributed by atoms with E-state index in [0.29, 0.717) is 38.9 Å². The number of hydrogen-bond acceptors (Lipinski definition) is 8. The second kappa shape index (κ2) is 7.61. The first kappa shape index (κ1) is 19.9. The smallest absolute Gasteiger partial charge is 0.344 e. The van der Waals surface area contributed by atoms with Crippen LogP contribution in [0.25, 0.3) is 33.4 Å². The van der Waals surface area contributed by atoms with Gasteiger partial charge in [-0.3, -0.25) is 4.79 Å². The van der Waals surface area contributed by atoms with Crippen molar-refractivity contribution in [3.8, 4) is 11.6 Å². The molecule has 0 spiro atoms. The van der Waals surface area contributed by atoms with Gasteiger partial charge in [-0.05, 0) is 37.4 Å². The molecule has 10 nitrogen and oxygen atoms in total. The summed E-state index contributed by atoms with van der Waals surface area (Å²) >= 11 is 1.36. The average molecular weight is 448 g/mol. The first-order valence-corrected chi connectivity index (χ1v) is 10.8. The van der Waals surface area contributed by atoms with Gasteiger partial charge in [0, 0.05) is 23.8 Å². The number of ether oxygens (including phenoxy) is 1. The van der Waals surface area contributed by atoms with E-state index < -0.39 is 12.1 Å². The second-order valence-corrected chi connectivity index (χ2v) is 7.70. The predicted molar refractivity (Wildman–Crippen MR) is 119 cm³/mol. The van der Waals surface area contributed by atoms with Crippen LogP contribution in [0, 0.1) is 0 Å². The molecule has 5 rings (SSSR count). The molecule has 5 aromatic rings. The minimum atomic E-state index is -1.08. The Morgan fingerprint density at radius 1 is 1.16 bits per heavy atom. The molecule has 0 bridgehead atoms. The van der Waals surface area contributed by atoms with Crippen LogP contribution in [0.3, 0.4) is 0 Å². The lowest BCUT2D eigenvalue weighted by atomic mass is 10.2. The predicted octanol–water partition coefficient (Wildman–Crippen LogP) is 2.55. The maximum atomic E-state index is 13.5. The summed E-state index contributed by atoms with van der Waals surface area (Å²) < 4.78 is 8.59. The fourth-order valence-electron chi connectivity index (χ4n) is 3.43. The highest BCUT2D eigenvalue weighted by atomic mass is 32.2. The Bertz CT molecular complexity index is 1560. The number of thioether (sulfide) groups is 1. The number of carbonyl (C=O) groups is 1. The van der Waals surface area contributed by atoms with Crippen LogP contribution in [0.4, 0.5) is 0 Å². The van der Waals surface area contributed by atoms with Gasteiger partial charge in [-0.15, -0.1) is 0 Å². The number of pyridine rings is 1. The number of hydrogen-bond donors (Lipinski definition) is 1. The summed E-state index contributed by atoms with van der Waals surface area (Å²) in [6, 6.07) is 10.4. The van der Waals surface area contributed by atoms with E-state index in [1.807, 2.05) is 6.26 Å². The molecule has 11 heteroatoms. The summed E-state index contributed by atoms with van der Waals surface area (Å²) in [6.07, 6.45) is 3.90. The van der Waals surface area contributed by atoms with Crippen molar-refractivity contribution in [2.45, 2.75) is 18.2 Å². The Morgan fingerprint density at radius 2 is 2.00 bits per heavy atom. The number of aliphatic carboxylic acids is 1. The van der Waals surface area contributed by atoms with Crippen molar-refractivity contribution in [3.63, 3.8) is 0 Å². The molecule has 0 aliphatic rings. The van der Waals surface area contributed by atoms with Crippen LogP contribution in [0.15, 0.2) is 58.7 Å². The van der Waals surface area contributed by atoms with Crippen LogP contribution in [-0.4, -0.2) is 52.6 Å². The lowest BCUT2D eigenvalue weighted by Crippen LogP contribution is -2.23. The minimum Gasteiger partial charge on any atom is -0.479 e. The molecule has 0 radical (unpaired) electrons. The molecule has 160 valence electrons. The van der Waals surface area contributed by atoms with E-state index in [-0.39, 0.29) is 10.9 Å². The molecule has 32 heavy (non-hydrogen) atoms. The van der Waals surface area contributed by atoms with Crippen molar-refractivity contribution in [2.24, 2.45) is 0 Å². The van der Waals surface area contributed by atoms with Gasteiger partial charge < -0.3 is 9.84 Å². The Balaban J connectivity index is 1.88. The van der Waals surface area contributed by atoms with E-state index in [9.17, 15) is 14.7 Å². The standard InChI is InChI=1S/C21H16N6O4S/c1-11(20(29)30)31-12-6-7-13-15(9-12)26(16-5-3-4-8-22-16)27-18(13)24-17-14(19(27)28)10-23-21(25-17)32-2/h3-11H,1-2H3,(H,29,30). The highest BCUT2D eigenvalue weighted by Crippen LogP contribution is 2.28. The Labute approximate surface area is 184 Å². The van der Waals surface area contributed by atoms with Crippen LogP contribution in [0.2, 0.25) is 0 Å². The van der Waals surface area contributed by atoms with Crippen LogP contribution in [-0.2, 0) is 4.79 Å². The van der Waals surface area contributed by atoms with Crippen molar-refractivity contribution < 1.29 is 14.6 Å². The summed E-state index contributed by atoms with van der Waals surface area (Å²) in [5, 5.41) is 10.6. The maximum absolute atomic E-state index is 13.5. The summed E-state index contributed by atoms with van der Waals surface area (Å²) in [4.78, 5) is 42.3. The molecule has 1 atom stereocenters. The number of aromatic nitrogens is 6. The quantitative estimate of drug-likeness (QED) is 0.319. The zero-order valence-electron chi connectivity index (χ0n) is 17.0. The molecule has 4 heterocycles. The molecule has 0 fully saturated rings. The Hall–Kier alpha value is -3.99. The third-order valence-corrected chi connectivity index (χ3v) is 5.49. The van der Waals surface area contributed by atoms with Crippen molar-refractivity contribution in [2.75, 3.05) is 6.26 Å². The zero-order chi connectivity index (χ0) is 22.4. The molecule has 0 saturated heterocycles. The minimum absolute atomic E-state index is 0.274. The molecule has 1 N–H and O–H groups in total. The normalized spacial score (nSPS) is 12.4. The van der Waals surface area contributed by atoms with Crippen molar-refractivity contribution in [1.29, 1.82) is 0 Å². The number of benzene rings is 1. The zero-order valence-corrected chi connectivity index (χ0v) is 17.8. The summed E-state index contributed by atoms with van der Waals surface area (Å²) in [6.45, 7) is 1.45. The fraction of sp³-hybridized carbons (Fsp3) is 0.143. The highest BCUT2D eigenvalue weighted by Gasteiger charge is 2.20. The molecule has 0 aliphatic heterocycles. The lowest BCUT2D eigenvalue weighted by Gasteiger charge is -2.11. The van der Waals surface area contributed by atoms with Gasteiger partial charge in [0.1, 0.15) is 11.1 Å². The molecular weight excluding hydrogens is 432 g/mol. The molecule has 4 aromatic heterocycles. The van der Waals surface area contributed by atoms with Crippen LogP contribution in [0.5, 0.6) is 5.75 Å². The third-order valence-electron chi connectivity index (χ3n) is 4.93. The van der Waals surface area contributed by atoms with Gasteiger partial charge in [0.25, 0.3) is 5.56 Å². The van der Waals surface area contributed by atoms with Crippen molar-refractivity contribution >= 4 is 45.3 Å². The third kappa shape index (κ3) is 3.14. The first-order chi connectivity index (χ1) is 15.5. The SMILES string of the molecule is CSc1ncc2c(=O)n3c(nc2n1)c1ccc(OC(C)C(=O)O)cc1n3-c1ccccn1. The highest BCUT2D eigenvalue weighted by molar-refractivity contribution is 7.98. The van der Waals surface area contributed by atoms with Crippen LogP contribution >= 0.6 is 11.8 Å². The van der Waals surface area contributed by atoms with Gasteiger partial charge in [0.2, 0.25) is 0 Å². The number of carboxylic acids is 1. The molecule has 0 saturated carbocycles. The Morgan fingerprint density at radius 3 is 2.72 bits per heavy atom. The van der Waals surface area contributed by atoms with Crippen molar-refractivity contribution in [3.05, 3.63) is 59.1 Å². The van der Waals surface area contributed by atoms with Crippen LogP contribution < -0.4 is 10.3 Å². The van der Waals surface area contributed by atoms with E-state index in [0.717, 1.165) is 0 Å². The topological polar surface area (TPSA) is 125 Å². The van der Waals surface area contributed by atoms with E-state index in [4.69, 9.17) is 4.74 Å². The maximum Gasteiger partial charge on any atom is 0.344 e. The van der Waals surface area contributed by atoms with Crippen LogP contribution in [0.1, 0.15) is 6.92 Å². The van der Waals surface area contributed by atoms with E-state index in [1.54, 1.807) is 47.3 Å². The molecule has 0 amide bonds. The first-order valence-electron chi connectivity index (χ1n) is 9.57. The van der Waals surface area contributed by atoms with Gasteiger partial charge in [0.05, 0.1) is 5.52 Å². The van der Waals surface area contributed by atoms with E-state index in [2.05, 4.69) is 19.9 Å². The summed E-state index contributed by atoms with van der Waals surface area (Å²) in [7, 11) is 0. The molecule has 0 aliphatic carbocycles. The monoisotopic (exact) mass is 448 g/mol. The second-order valence-electron chi connectivity index (χ2n) is 6.92. The Kier molecular flexibility index (Phi) is 4.74. The lowest BCUT2D eigenvalue weighted by molar-refractivity contribution is -0.144. The van der Waals surface area contributed by atoms with Crippen molar-refractivity contribution in [1.82, 2.24) is 29.1 Å². The van der Waals surface area contributed by atoms with Gasteiger partial charge in [-0.1, -0.05) is 17.8 Å². The number of rotatable bonds is 5. The molecule has 1 unspecified atom stereocenters. The number of fused-ring (bicyclic) bond motifs is 4. The average Bonchev–Trinajstić information content (AvgIpc) is 3.13. The summed E-state index contributed by atoms with van der Waals surface area (Å²) in [5.41, 5.74) is 0.929.